The molecule has 0 saturated heterocycles. The minimum Gasteiger partial charge on any atom is -0.192 e. The summed E-state index contributed by atoms with van der Waals surface area (Å²) in [7, 11) is 0. The van der Waals surface area contributed by atoms with Crippen LogP contribution in [0.2, 0.25) is 0 Å². The van der Waals surface area contributed by atoms with E-state index in [-0.39, 0.29) is 0 Å². The Kier molecular flexibility index (Phi) is 2.62. The Morgan fingerprint density at radius 1 is 1.29 bits per heavy atom. The summed E-state index contributed by atoms with van der Waals surface area (Å²) in [5.41, 5.74) is 1.65. The molecule has 68 valence electrons. The highest BCUT2D eigenvalue weighted by Crippen LogP contribution is 2.32. The molecule has 4 heteroatoms. The van der Waals surface area contributed by atoms with Crippen molar-refractivity contribution in [2.75, 3.05) is 0 Å². The van der Waals surface area contributed by atoms with Crippen LogP contribution in [0.5, 0.6) is 0 Å². The first kappa shape index (κ1) is 9.38. The van der Waals surface area contributed by atoms with Gasteiger partial charge < -0.3 is 0 Å². The maximum Gasteiger partial charge on any atom is 0.138 e. The topological polar surface area (TPSA) is 36.7 Å². The van der Waals surface area contributed by atoms with Gasteiger partial charge in [-0.25, -0.2) is 0 Å². The number of benzene rings is 1. The number of hydrogen-bond acceptors (Lipinski definition) is 3. The fourth-order valence-electron chi connectivity index (χ4n) is 1.15. The molecule has 0 fully saturated rings. The Bertz CT molecular complexity index is 485. The van der Waals surface area contributed by atoms with Crippen LogP contribution in [0.15, 0.2) is 34.9 Å². The number of nitriles is 1. The van der Waals surface area contributed by atoms with Crippen LogP contribution in [-0.2, 0) is 0 Å². The number of halogens is 1. The predicted molar refractivity (Wildman–Crippen MR) is 60.0 cm³/mol. The van der Waals surface area contributed by atoms with Crippen molar-refractivity contribution in [1.29, 1.82) is 5.26 Å². The first-order chi connectivity index (χ1) is 6.83. The van der Waals surface area contributed by atoms with Gasteiger partial charge >= 0.3 is 0 Å². The van der Waals surface area contributed by atoms with Gasteiger partial charge in [-0.3, -0.25) is 0 Å². The fourth-order valence-corrected chi connectivity index (χ4v) is 2.53. The molecule has 14 heavy (non-hydrogen) atoms. The van der Waals surface area contributed by atoms with E-state index in [1.807, 2.05) is 30.3 Å². The molecular formula is C10H5BrN2S. The molecule has 0 aliphatic carbocycles. The average Bonchev–Trinajstić information content (AvgIpc) is 2.61. The molecule has 1 aromatic carbocycles. The van der Waals surface area contributed by atoms with Crippen LogP contribution < -0.4 is 0 Å². The molecule has 1 aromatic heterocycles. The standard InChI is InChI=1S/C10H5BrN2S/c11-10-8(6-12)9(14-13-10)7-4-2-1-3-5-7/h1-5H. The van der Waals surface area contributed by atoms with E-state index >= 15 is 0 Å². The summed E-state index contributed by atoms with van der Waals surface area (Å²) < 4.78 is 4.73. The lowest BCUT2D eigenvalue weighted by molar-refractivity contribution is 1.43. The lowest BCUT2D eigenvalue weighted by atomic mass is 10.1. The Balaban J connectivity index is 2.59. The van der Waals surface area contributed by atoms with Crippen molar-refractivity contribution in [1.82, 2.24) is 4.37 Å². The van der Waals surface area contributed by atoms with Gasteiger partial charge in [0.15, 0.2) is 0 Å². The second-order valence-electron chi connectivity index (χ2n) is 2.66. The van der Waals surface area contributed by atoms with Crippen LogP contribution >= 0.6 is 27.5 Å². The number of aromatic nitrogens is 1. The van der Waals surface area contributed by atoms with Crippen molar-refractivity contribution in [3.05, 3.63) is 40.5 Å². The number of nitrogens with zero attached hydrogens (tertiary/aromatic N) is 2. The van der Waals surface area contributed by atoms with Gasteiger partial charge in [0.25, 0.3) is 0 Å². The minimum atomic E-state index is 0.612. The summed E-state index contributed by atoms with van der Waals surface area (Å²) >= 11 is 4.59. The molecular weight excluding hydrogens is 260 g/mol. The molecule has 0 aliphatic heterocycles. The van der Waals surface area contributed by atoms with Gasteiger partial charge in [0, 0.05) is 0 Å². The van der Waals surface area contributed by atoms with E-state index in [2.05, 4.69) is 26.4 Å². The van der Waals surface area contributed by atoms with Gasteiger partial charge in [-0.05, 0) is 33.0 Å². The SMILES string of the molecule is N#Cc1c(Br)nsc1-c1ccccc1. The molecule has 2 rings (SSSR count). The third-order valence-corrected chi connectivity index (χ3v) is 3.50. The summed E-state index contributed by atoms with van der Waals surface area (Å²) in [6, 6.07) is 11.9. The van der Waals surface area contributed by atoms with Crippen molar-refractivity contribution >= 4 is 27.5 Å². The monoisotopic (exact) mass is 264 g/mol. The van der Waals surface area contributed by atoms with Crippen molar-refractivity contribution in [2.45, 2.75) is 0 Å². The zero-order valence-corrected chi connectivity index (χ0v) is 9.47. The highest BCUT2D eigenvalue weighted by molar-refractivity contribution is 9.10. The summed E-state index contributed by atoms with van der Waals surface area (Å²) in [4.78, 5) is 0.917. The van der Waals surface area contributed by atoms with Crippen molar-refractivity contribution in [3.63, 3.8) is 0 Å². The van der Waals surface area contributed by atoms with Gasteiger partial charge in [0.05, 0.1) is 4.88 Å². The zero-order chi connectivity index (χ0) is 9.97. The van der Waals surface area contributed by atoms with Gasteiger partial charge in [0.1, 0.15) is 16.2 Å². The van der Waals surface area contributed by atoms with Gasteiger partial charge in [-0.1, -0.05) is 30.3 Å². The minimum absolute atomic E-state index is 0.612. The van der Waals surface area contributed by atoms with Crippen molar-refractivity contribution in [2.24, 2.45) is 0 Å². The van der Waals surface area contributed by atoms with Gasteiger partial charge in [-0.15, -0.1) is 0 Å². The molecule has 0 N–H and O–H groups in total. The first-order valence-electron chi connectivity index (χ1n) is 3.93. The van der Waals surface area contributed by atoms with Crippen LogP contribution in [-0.4, -0.2) is 4.37 Å². The highest BCUT2D eigenvalue weighted by atomic mass is 79.9. The highest BCUT2D eigenvalue weighted by Gasteiger charge is 2.12. The van der Waals surface area contributed by atoms with E-state index in [9.17, 15) is 0 Å². The van der Waals surface area contributed by atoms with E-state index in [1.54, 1.807) is 0 Å². The smallest absolute Gasteiger partial charge is 0.138 e. The number of hydrogen-bond donors (Lipinski definition) is 0. The van der Waals surface area contributed by atoms with Crippen LogP contribution in [0.1, 0.15) is 5.56 Å². The molecule has 0 amide bonds. The fraction of sp³-hybridized carbons (Fsp3) is 0. The normalized spacial score (nSPS) is 9.71. The second-order valence-corrected chi connectivity index (χ2v) is 4.18. The van der Waals surface area contributed by atoms with Crippen molar-refractivity contribution in [3.8, 4) is 16.5 Å². The van der Waals surface area contributed by atoms with Crippen molar-refractivity contribution < 1.29 is 0 Å². The molecule has 0 atom stereocenters. The molecule has 0 bridgehead atoms. The molecule has 0 spiro atoms. The lowest BCUT2D eigenvalue weighted by Gasteiger charge is -1.95. The van der Waals surface area contributed by atoms with Gasteiger partial charge in [0.2, 0.25) is 0 Å². The summed E-state index contributed by atoms with van der Waals surface area (Å²) in [6.07, 6.45) is 0. The molecule has 0 radical (unpaired) electrons. The van der Waals surface area contributed by atoms with Gasteiger partial charge in [-0.2, -0.15) is 9.64 Å². The van der Waals surface area contributed by atoms with E-state index in [1.165, 1.54) is 11.5 Å². The first-order valence-corrected chi connectivity index (χ1v) is 5.50. The predicted octanol–water partition coefficient (Wildman–Crippen LogP) is 3.44. The Morgan fingerprint density at radius 2 is 2.00 bits per heavy atom. The lowest BCUT2D eigenvalue weighted by Crippen LogP contribution is -1.76. The van der Waals surface area contributed by atoms with Crippen LogP contribution in [0.25, 0.3) is 10.4 Å². The van der Waals surface area contributed by atoms with E-state index in [4.69, 9.17) is 5.26 Å². The van der Waals surface area contributed by atoms with Crippen LogP contribution in [0.4, 0.5) is 0 Å². The van der Waals surface area contributed by atoms with Crippen LogP contribution in [0, 0.1) is 11.3 Å². The van der Waals surface area contributed by atoms with E-state index in [0.29, 0.717) is 10.2 Å². The second kappa shape index (κ2) is 3.91. The zero-order valence-electron chi connectivity index (χ0n) is 7.07. The van der Waals surface area contributed by atoms with E-state index in [0.717, 1.165) is 10.4 Å². The molecule has 0 saturated carbocycles. The Morgan fingerprint density at radius 3 is 2.64 bits per heavy atom. The summed E-state index contributed by atoms with van der Waals surface area (Å²) in [6.45, 7) is 0. The Labute approximate surface area is 94.1 Å². The molecule has 0 aliphatic rings. The summed E-state index contributed by atoms with van der Waals surface area (Å²) in [5, 5.41) is 8.94. The molecule has 2 aromatic rings. The third kappa shape index (κ3) is 1.57. The average molecular weight is 265 g/mol. The summed E-state index contributed by atoms with van der Waals surface area (Å²) in [5.74, 6) is 0. The quantitative estimate of drug-likeness (QED) is 0.791. The molecule has 0 unspecified atom stereocenters. The maximum absolute atomic E-state index is 8.94. The maximum atomic E-state index is 8.94. The number of rotatable bonds is 1. The van der Waals surface area contributed by atoms with E-state index < -0.39 is 0 Å². The largest absolute Gasteiger partial charge is 0.192 e. The molecule has 2 nitrogen and oxygen atoms in total. The van der Waals surface area contributed by atoms with Crippen LogP contribution in [0.3, 0.4) is 0 Å². The molecule has 1 heterocycles. The Hall–Kier alpha value is -1.18. The third-order valence-electron chi connectivity index (χ3n) is 1.80.